The third-order valence-electron chi connectivity index (χ3n) is 4.84. The van der Waals surface area contributed by atoms with Crippen molar-refractivity contribution in [1.29, 1.82) is 0 Å². The van der Waals surface area contributed by atoms with Gasteiger partial charge in [0, 0.05) is 57.4 Å². The van der Waals surface area contributed by atoms with Crippen molar-refractivity contribution < 1.29 is 4.74 Å². The maximum absolute atomic E-state index is 5.47. The largest absolute Gasteiger partial charge is 0.381 e. The van der Waals surface area contributed by atoms with Gasteiger partial charge >= 0.3 is 0 Å². The van der Waals surface area contributed by atoms with Crippen molar-refractivity contribution in [3.05, 3.63) is 24.5 Å². The molecule has 0 amide bonds. The average Bonchev–Trinajstić information content (AvgIpc) is 2.56. The van der Waals surface area contributed by atoms with Gasteiger partial charge in [-0.2, -0.15) is 0 Å². The zero-order valence-electron chi connectivity index (χ0n) is 12.4. The van der Waals surface area contributed by atoms with Gasteiger partial charge in [0.05, 0.1) is 6.10 Å². The highest BCUT2D eigenvalue weighted by molar-refractivity contribution is 5.44. The third-order valence-corrected chi connectivity index (χ3v) is 4.84. The van der Waals surface area contributed by atoms with Gasteiger partial charge in [0.1, 0.15) is 0 Å². The lowest BCUT2D eigenvalue weighted by atomic mass is 9.91. The van der Waals surface area contributed by atoms with Gasteiger partial charge in [0.2, 0.25) is 0 Å². The van der Waals surface area contributed by atoms with Crippen molar-refractivity contribution in [2.75, 3.05) is 38.2 Å². The summed E-state index contributed by atoms with van der Waals surface area (Å²) in [4.78, 5) is 9.25. The van der Waals surface area contributed by atoms with Crippen molar-refractivity contribution in [2.24, 2.45) is 0 Å². The van der Waals surface area contributed by atoms with Crippen LogP contribution in [0.3, 0.4) is 0 Å². The molecule has 0 unspecified atom stereocenters. The van der Waals surface area contributed by atoms with Crippen LogP contribution in [0.1, 0.15) is 25.7 Å². The molecule has 1 saturated heterocycles. The fourth-order valence-electron chi connectivity index (χ4n) is 3.55. The van der Waals surface area contributed by atoms with Crippen LogP contribution in [0.2, 0.25) is 0 Å². The number of methoxy groups -OCH3 is 1. The second-order valence-corrected chi connectivity index (χ2v) is 5.89. The lowest BCUT2D eigenvalue weighted by Crippen LogP contribution is -2.51. The number of aromatic nitrogens is 1. The lowest BCUT2D eigenvalue weighted by molar-refractivity contribution is 0.0371. The molecule has 1 aliphatic carbocycles. The molecule has 1 saturated carbocycles. The van der Waals surface area contributed by atoms with Gasteiger partial charge in [-0.1, -0.05) is 0 Å². The summed E-state index contributed by atoms with van der Waals surface area (Å²) in [6.45, 7) is 4.64. The van der Waals surface area contributed by atoms with Crippen LogP contribution in [0, 0.1) is 0 Å². The molecule has 4 nitrogen and oxygen atoms in total. The summed E-state index contributed by atoms with van der Waals surface area (Å²) in [5.74, 6) is 0. The fourth-order valence-corrected chi connectivity index (χ4v) is 3.55. The van der Waals surface area contributed by atoms with E-state index in [1.165, 1.54) is 44.5 Å². The van der Waals surface area contributed by atoms with Crippen LogP contribution in [0.25, 0.3) is 0 Å². The summed E-state index contributed by atoms with van der Waals surface area (Å²) >= 11 is 0. The van der Waals surface area contributed by atoms with E-state index in [1.807, 2.05) is 19.5 Å². The molecular weight excluding hydrogens is 250 g/mol. The number of hydrogen-bond acceptors (Lipinski definition) is 4. The highest BCUT2D eigenvalue weighted by Gasteiger charge is 2.28. The molecule has 0 bridgehead atoms. The second kappa shape index (κ2) is 6.55. The first-order valence-electron chi connectivity index (χ1n) is 7.78. The van der Waals surface area contributed by atoms with Crippen molar-refractivity contribution in [3.63, 3.8) is 0 Å². The van der Waals surface area contributed by atoms with E-state index in [0.29, 0.717) is 6.10 Å². The Morgan fingerprint density at radius 1 is 1.00 bits per heavy atom. The molecule has 2 aliphatic rings. The zero-order valence-corrected chi connectivity index (χ0v) is 12.4. The molecule has 3 rings (SSSR count). The summed E-state index contributed by atoms with van der Waals surface area (Å²) in [6.07, 6.45) is 9.32. The van der Waals surface area contributed by atoms with Crippen molar-refractivity contribution in [3.8, 4) is 0 Å². The molecule has 2 heterocycles. The van der Waals surface area contributed by atoms with E-state index in [1.54, 1.807) is 0 Å². The maximum Gasteiger partial charge on any atom is 0.0572 e. The summed E-state index contributed by atoms with van der Waals surface area (Å²) < 4.78 is 5.47. The minimum absolute atomic E-state index is 0.504. The molecule has 110 valence electrons. The van der Waals surface area contributed by atoms with Crippen molar-refractivity contribution >= 4 is 5.69 Å². The highest BCUT2D eigenvalue weighted by Crippen LogP contribution is 2.26. The Hall–Kier alpha value is -1.13. The molecule has 0 atom stereocenters. The van der Waals surface area contributed by atoms with Crippen molar-refractivity contribution in [1.82, 2.24) is 9.88 Å². The number of pyridine rings is 1. The van der Waals surface area contributed by atoms with Gasteiger partial charge in [-0.15, -0.1) is 0 Å². The number of anilines is 1. The van der Waals surface area contributed by atoms with E-state index >= 15 is 0 Å². The minimum Gasteiger partial charge on any atom is -0.381 e. The van der Waals surface area contributed by atoms with Crippen molar-refractivity contribution in [2.45, 2.75) is 37.8 Å². The van der Waals surface area contributed by atoms with Gasteiger partial charge in [-0.05, 0) is 37.8 Å². The van der Waals surface area contributed by atoms with Crippen LogP contribution in [0.15, 0.2) is 24.5 Å². The molecule has 1 aromatic heterocycles. The van der Waals surface area contributed by atoms with E-state index in [0.717, 1.165) is 19.1 Å². The molecule has 4 heteroatoms. The Morgan fingerprint density at radius 2 is 1.65 bits per heavy atom. The standard InChI is InChI=1S/C16H25N3O/c1-20-16-4-2-14(3-5-16)18-10-12-19(13-11-18)15-6-8-17-9-7-15/h6-9,14,16H,2-5,10-13H2,1H3. The van der Waals surface area contributed by atoms with Gasteiger partial charge in [-0.3, -0.25) is 9.88 Å². The summed E-state index contributed by atoms with van der Waals surface area (Å²) in [7, 11) is 1.85. The predicted molar refractivity (Wildman–Crippen MR) is 81.1 cm³/mol. The molecule has 2 fully saturated rings. The summed E-state index contributed by atoms with van der Waals surface area (Å²) in [5.41, 5.74) is 1.31. The molecule has 0 spiro atoms. The predicted octanol–water partition coefficient (Wildman–Crippen LogP) is 2.16. The Kier molecular flexibility index (Phi) is 4.53. The molecule has 1 aromatic rings. The third kappa shape index (κ3) is 3.13. The van der Waals surface area contributed by atoms with Crippen LogP contribution in [-0.4, -0.2) is 55.3 Å². The summed E-state index contributed by atoms with van der Waals surface area (Å²) in [6, 6.07) is 5.00. The van der Waals surface area contributed by atoms with Gasteiger partial charge in [0.15, 0.2) is 0 Å². The van der Waals surface area contributed by atoms with E-state index < -0.39 is 0 Å². The fraction of sp³-hybridized carbons (Fsp3) is 0.688. The van der Waals surface area contributed by atoms with Gasteiger partial charge in [0.25, 0.3) is 0 Å². The Labute approximate surface area is 121 Å². The van der Waals surface area contributed by atoms with Gasteiger partial charge < -0.3 is 9.64 Å². The zero-order chi connectivity index (χ0) is 13.8. The topological polar surface area (TPSA) is 28.6 Å². The normalized spacial score (nSPS) is 28.6. The molecule has 20 heavy (non-hydrogen) atoms. The lowest BCUT2D eigenvalue weighted by Gasteiger charge is -2.42. The number of hydrogen-bond donors (Lipinski definition) is 0. The molecule has 1 aliphatic heterocycles. The van der Waals surface area contributed by atoms with Crippen LogP contribution >= 0.6 is 0 Å². The minimum atomic E-state index is 0.504. The molecule has 0 radical (unpaired) electrons. The van der Waals surface area contributed by atoms with Gasteiger partial charge in [-0.25, -0.2) is 0 Å². The van der Waals surface area contributed by atoms with E-state index in [9.17, 15) is 0 Å². The molecule has 0 aromatic carbocycles. The van der Waals surface area contributed by atoms with E-state index in [4.69, 9.17) is 4.74 Å². The number of piperazine rings is 1. The number of rotatable bonds is 3. The van der Waals surface area contributed by atoms with E-state index in [2.05, 4.69) is 26.9 Å². The first kappa shape index (κ1) is 13.8. The summed E-state index contributed by atoms with van der Waals surface area (Å²) in [5, 5.41) is 0. The highest BCUT2D eigenvalue weighted by atomic mass is 16.5. The van der Waals surface area contributed by atoms with Crippen LogP contribution in [-0.2, 0) is 4.74 Å². The number of ether oxygens (including phenoxy) is 1. The number of nitrogens with zero attached hydrogens (tertiary/aromatic N) is 3. The van der Waals surface area contributed by atoms with Crippen LogP contribution in [0.4, 0.5) is 5.69 Å². The SMILES string of the molecule is COC1CCC(N2CCN(c3ccncc3)CC2)CC1. The molecular formula is C16H25N3O. The average molecular weight is 275 g/mol. The Balaban J connectivity index is 1.49. The smallest absolute Gasteiger partial charge is 0.0572 e. The second-order valence-electron chi connectivity index (χ2n) is 5.89. The quantitative estimate of drug-likeness (QED) is 0.845. The first-order valence-corrected chi connectivity index (χ1v) is 7.78. The molecule has 0 N–H and O–H groups in total. The Morgan fingerprint density at radius 3 is 2.25 bits per heavy atom. The van der Waals surface area contributed by atoms with Crippen LogP contribution in [0.5, 0.6) is 0 Å². The van der Waals surface area contributed by atoms with Crippen LogP contribution < -0.4 is 4.90 Å². The Bertz CT molecular complexity index is 395. The van der Waals surface area contributed by atoms with E-state index in [-0.39, 0.29) is 0 Å². The monoisotopic (exact) mass is 275 g/mol. The first-order chi connectivity index (χ1) is 9.86. The maximum atomic E-state index is 5.47.